The lowest BCUT2D eigenvalue weighted by atomic mass is 9.77. The first kappa shape index (κ1) is 12.4. The van der Waals surface area contributed by atoms with Gasteiger partial charge in [-0.1, -0.05) is 33.6 Å². The maximum absolute atomic E-state index is 2.80. The quantitative estimate of drug-likeness (QED) is 0.698. The van der Waals surface area contributed by atoms with Crippen molar-refractivity contribution in [2.45, 2.75) is 65.3 Å². The molecule has 2 atom stereocenters. The summed E-state index contributed by atoms with van der Waals surface area (Å²) >= 11 is 0. The summed E-state index contributed by atoms with van der Waals surface area (Å²) in [5, 5.41) is 0. The lowest BCUT2D eigenvalue weighted by Gasteiger charge is -2.45. The molecule has 1 heterocycles. The van der Waals surface area contributed by atoms with E-state index in [0.29, 0.717) is 0 Å². The van der Waals surface area contributed by atoms with Crippen LogP contribution in [0.5, 0.6) is 0 Å². The zero-order valence-electron chi connectivity index (χ0n) is 11.4. The van der Waals surface area contributed by atoms with Crippen molar-refractivity contribution in [3.05, 3.63) is 0 Å². The zero-order valence-corrected chi connectivity index (χ0v) is 11.4. The Labute approximate surface area is 102 Å². The largest absolute Gasteiger partial charge is 0.300 e. The standard InChI is InChI=1S/C15H29N/c1-4-13-11-16(15-6-5-7-15)9-8-14(13)10-12(2)3/h12-15H,4-11H2,1-3H3/t13-,14-/m1/s1. The predicted molar refractivity (Wildman–Crippen MR) is 70.6 cm³/mol. The highest BCUT2D eigenvalue weighted by Gasteiger charge is 2.33. The molecule has 0 unspecified atom stereocenters. The number of hydrogen-bond acceptors (Lipinski definition) is 1. The first-order chi connectivity index (χ1) is 7.70. The van der Waals surface area contributed by atoms with Crippen LogP contribution in [0.25, 0.3) is 0 Å². The van der Waals surface area contributed by atoms with Gasteiger partial charge in [-0.15, -0.1) is 0 Å². The monoisotopic (exact) mass is 223 g/mol. The van der Waals surface area contributed by atoms with Crippen LogP contribution >= 0.6 is 0 Å². The maximum atomic E-state index is 2.80. The van der Waals surface area contributed by atoms with E-state index in [1.54, 1.807) is 0 Å². The lowest BCUT2D eigenvalue weighted by Crippen LogP contribution is -2.48. The average molecular weight is 223 g/mol. The Hall–Kier alpha value is -0.0400. The van der Waals surface area contributed by atoms with Gasteiger partial charge in [0, 0.05) is 12.6 Å². The fourth-order valence-corrected chi connectivity index (χ4v) is 3.57. The first-order valence-electron chi connectivity index (χ1n) is 7.44. The minimum absolute atomic E-state index is 0.884. The highest BCUT2D eigenvalue weighted by Crippen LogP contribution is 2.35. The van der Waals surface area contributed by atoms with Crippen LogP contribution in [-0.4, -0.2) is 24.0 Å². The van der Waals surface area contributed by atoms with Crippen molar-refractivity contribution < 1.29 is 0 Å². The number of hydrogen-bond donors (Lipinski definition) is 0. The van der Waals surface area contributed by atoms with Crippen LogP contribution in [0.4, 0.5) is 0 Å². The molecule has 1 saturated heterocycles. The van der Waals surface area contributed by atoms with E-state index in [0.717, 1.165) is 23.8 Å². The summed E-state index contributed by atoms with van der Waals surface area (Å²) in [5.41, 5.74) is 0. The van der Waals surface area contributed by atoms with Crippen molar-refractivity contribution in [3.8, 4) is 0 Å². The van der Waals surface area contributed by atoms with Crippen molar-refractivity contribution in [1.82, 2.24) is 4.90 Å². The molecule has 94 valence electrons. The molecule has 0 amide bonds. The number of rotatable bonds is 4. The fourth-order valence-electron chi connectivity index (χ4n) is 3.57. The van der Waals surface area contributed by atoms with Gasteiger partial charge in [-0.05, 0) is 50.0 Å². The number of piperidine rings is 1. The molecule has 1 aliphatic carbocycles. The van der Waals surface area contributed by atoms with Gasteiger partial charge in [0.1, 0.15) is 0 Å². The Morgan fingerprint density at radius 3 is 2.38 bits per heavy atom. The van der Waals surface area contributed by atoms with Gasteiger partial charge in [-0.2, -0.15) is 0 Å². The minimum atomic E-state index is 0.884. The lowest BCUT2D eigenvalue weighted by molar-refractivity contribution is 0.0394. The molecule has 1 nitrogen and oxygen atoms in total. The van der Waals surface area contributed by atoms with E-state index in [2.05, 4.69) is 25.7 Å². The molecule has 2 fully saturated rings. The Morgan fingerprint density at radius 2 is 1.88 bits per heavy atom. The van der Waals surface area contributed by atoms with Crippen LogP contribution in [0.15, 0.2) is 0 Å². The third-order valence-electron chi connectivity index (χ3n) is 4.81. The van der Waals surface area contributed by atoms with E-state index in [4.69, 9.17) is 0 Å². The van der Waals surface area contributed by atoms with Crippen LogP contribution in [0.2, 0.25) is 0 Å². The van der Waals surface area contributed by atoms with Gasteiger partial charge in [0.05, 0.1) is 0 Å². The Balaban J connectivity index is 1.85. The van der Waals surface area contributed by atoms with Gasteiger partial charge in [0.25, 0.3) is 0 Å². The summed E-state index contributed by atoms with van der Waals surface area (Å²) < 4.78 is 0. The Morgan fingerprint density at radius 1 is 1.12 bits per heavy atom. The van der Waals surface area contributed by atoms with Gasteiger partial charge >= 0.3 is 0 Å². The van der Waals surface area contributed by atoms with Crippen LogP contribution in [0.3, 0.4) is 0 Å². The summed E-state index contributed by atoms with van der Waals surface area (Å²) in [4.78, 5) is 2.80. The van der Waals surface area contributed by atoms with E-state index in [-0.39, 0.29) is 0 Å². The van der Waals surface area contributed by atoms with E-state index in [1.807, 2.05) is 0 Å². The highest BCUT2D eigenvalue weighted by atomic mass is 15.2. The van der Waals surface area contributed by atoms with E-state index < -0.39 is 0 Å². The normalized spacial score (nSPS) is 33.0. The molecule has 2 rings (SSSR count). The molecule has 0 N–H and O–H groups in total. The van der Waals surface area contributed by atoms with Gasteiger partial charge in [-0.3, -0.25) is 0 Å². The van der Waals surface area contributed by atoms with Crippen molar-refractivity contribution in [2.75, 3.05) is 13.1 Å². The molecule has 1 aliphatic heterocycles. The predicted octanol–water partition coefficient (Wildman–Crippen LogP) is 3.93. The third kappa shape index (κ3) is 2.80. The number of nitrogens with zero attached hydrogens (tertiary/aromatic N) is 1. The minimum Gasteiger partial charge on any atom is -0.300 e. The van der Waals surface area contributed by atoms with Crippen molar-refractivity contribution >= 4 is 0 Å². The summed E-state index contributed by atoms with van der Waals surface area (Å²) in [6.07, 6.45) is 8.74. The molecular formula is C15H29N. The Kier molecular flexibility index (Phi) is 4.29. The molecule has 1 heteroatoms. The second kappa shape index (κ2) is 5.53. The van der Waals surface area contributed by atoms with E-state index in [1.165, 1.54) is 51.6 Å². The van der Waals surface area contributed by atoms with Gasteiger partial charge < -0.3 is 4.90 Å². The molecule has 0 spiro atoms. The Bertz CT molecular complexity index is 207. The smallest absolute Gasteiger partial charge is 0.00953 e. The summed E-state index contributed by atoms with van der Waals surface area (Å²) in [6, 6.07) is 0.967. The molecule has 1 saturated carbocycles. The summed E-state index contributed by atoms with van der Waals surface area (Å²) in [7, 11) is 0. The topological polar surface area (TPSA) is 3.24 Å². The molecule has 0 aromatic rings. The molecule has 0 radical (unpaired) electrons. The van der Waals surface area contributed by atoms with Crippen LogP contribution < -0.4 is 0 Å². The average Bonchev–Trinajstić information content (AvgIpc) is 2.16. The van der Waals surface area contributed by atoms with Gasteiger partial charge in [-0.25, -0.2) is 0 Å². The van der Waals surface area contributed by atoms with Gasteiger partial charge in [0.15, 0.2) is 0 Å². The van der Waals surface area contributed by atoms with Crippen molar-refractivity contribution in [1.29, 1.82) is 0 Å². The van der Waals surface area contributed by atoms with Crippen LogP contribution in [-0.2, 0) is 0 Å². The van der Waals surface area contributed by atoms with E-state index >= 15 is 0 Å². The zero-order chi connectivity index (χ0) is 11.5. The SMILES string of the molecule is CC[C@@H]1CN(C2CCC2)CC[C@@H]1CC(C)C. The van der Waals surface area contributed by atoms with Crippen LogP contribution in [0.1, 0.15) is 59.3 Å². The summed E-state index contributed by atoms with van der Waals surface area (Å²) in [6.45, 7) is 9.94. The summed E-state index contributed by atoms with van der Waals surface area (Å²) in [5.74, 6) is 2.88. The van der Waals surface area contributed by atoms with E-state index in [9.17, 15) is 0 Å². The molecule has 0 aromatic heterocycles. The first-order valence-corrected chi connectivity index (χ1v) is 7.44. The second-order valence-corrected chi connectivity index (χ2v) is 6.43. The molecule has 16 heavy (non-hydrogen) atoms. The van der Waals surface area contributed by atoms with Gasteiger partial charge in [0.2, 0.25) is 0 Å². The third-order valence-corrected chi connectivity index (χ3v) is 4.81. The molecule has 0 bridgehead atoms. The maximum Gasteiger partial charge on any atom is 0.00953 e. The second-order valence-electron chi connectivity index (χ2n) is 6.43. The molecular weight excluding hydrogens is 194 g/mol. The van der Waals surface area contributed by atoms with Crippen molar-refractivity contribution in [2.24, 2.45) is 17.8 Å². The molecule has 2 aliphatic rings. The van der Waals surface area contributed by atoms with Crippen LogP contribution in [0, 0.1) is 17.8 Å². The van der Waals surface area contributed by atoms with Crippen molar-refractivity contribution in [3.63, 3.8) is 0 Å². The highest BCUT2D eigenvalue weighted by molar-refractivity contribution is 4.87. The number of likely N-dealkylation sites (tertiary alicyclic amines) is 1. The molecule has 0 aromatic carbocycles. The fraction of sp³-hybridized carbons (Fsp3) is 1.00.